The van der Waals surface area contributed by atoms with Crippen molar-refractivity contribution >= 4 is 5.69 Å². The lowest BCUT2D eigenvalue weighted by Crippen LogP contribution is -2.35. The number of halogens is 1. The first kappa shape index (κ1) is 13.3. The Hall–Kier alpha value is -1.13. The third kappa shape index (κ3) is 3.21. The lowest BCUT2D eigenvalue weighted by molar-refractivity contribution is 0.244. The Morgan fingerprint density at radius 1 is 1.39 bits per heavy atom. The van der Waals surface area contributed by atoms with E-state index in [1.165, 1.54) is 6.07 Å². The summed E-state index contributed by atoms with van der Waals surface area (Å²) >= 11 is 0. The normalized spacial score (nSPS) is 20.2. The zero-order chi connectivity index (χ0) is 13.0. The van der Waals surface area contributed by atoms with Gasteiger partial charge in [0.1, 0.15) is 5.82 Å². The molecule has 18 heavy (non-hydrogen) atoms. The van der Waals surface area contributed by atoms with Gasteiger partial charge in [0.2, 0.25) is 0 Å². The molecule has 1 atom stereocenters. The van der Waals surface area contributed by atoms with Gasteiger partial charge in [-0.3, -0.25) is 0 Å². The summed E-state index contributed by atoms with van der Waals surface area (Å²) in [6.07, 6.45) is 3.07. The Kier molecular flexibility index (Phi) is 4.55. The lowest BCUT2D eigenvalue weighted by atomic mass is 9.94. The summed E-state index contributed by atoms with van der Waals surface area (Å²) in [7, 11) is 0. The molecule has 0 amide bonds. The number of nitrogens with two attached hydrogens (primary N) is 1. The summed E-state index contributed by atoms with van der Waals surface area (Å²) in [5.74, 6) is 0.283. The third-order valence-corrected chi connectivity index (χ3v) is 3.60. The standard InChI is InChI=1S/C14H21FN2O/c15-13-6-12(9-16)7-14(8-13)17-4-1-2-11(10-17)3-5-18/h6-8,11,18H,1-5,9-10,16H2. The number of benzene rings is 1. The fourth-order valence-electron chi connectivity index (χ4n) is 2.65. The molecule has 4 heteroatoms. The number of hydrogen-bond acceptors (Lipinski definition) is 3. The molecule has 1 fully saturated rings. The molecular weight excluding hydrogens is 231 g/mol. The minimum absolute atomic E-state index is 0.225. The summed E-state index contributed by atoms with van der Waals surface area (Å²) in [5.41, 5.74) is 7.32. The Morgan fingerprint density at radius 2 is 2.22 bits per heavy atom. The molecule has 1 unspecified atom stereocenters. The maximum absolute atomic E-state index is 13.5. The van der Waals surface area contributed by atoms with Gasteiger partial charge in [0.15, 0.2) is 0 Å². The van der Waals surface area contributed by atoms with E-state index in [1.54, 1.807) is 6.07 Å². The van der Waals surface area contributed by atoms with Gasteiger partial charge in [0, 0.05) is 31.9 Å². The van der Waals surface area contributed by atoms with Gasteiger partial charge in [-0.15, -0.1) is 0 Å². The fourth-order valence-corrected chi connectivity index (χ4v) is 2.65. The van der Waals surface area contributed by atoms with Crippen molar-refractivity contribution in [1.82, 2.24) is 0 Å². The third-order valence-electron chi connectivity index (χ3n) is 3.60. The van der Waals surface area contributed by atoms with E-state index in [0.717, 1.165) is 43.6 Å². The van der Waals surface area contributed by atoms with Gasteiger partial charge < -0.3 is 15.7 Å². The molecular formula is C14H21FN2O. The number of nitrogens with zero attached hydrogens (tertiary/aromatic N) is 1. The topological polar surface area (TPSA) is 49.5 Å². The number of hydrogen-bond donors (Lipinski definition) is 2. The molecule has 100 valence electrons. The van der Waals surface area contributed by atoms with Gasteiger partial charge in [-0.05, 0) is 48.9 Å². The quantitative estimate of drug-likeness (QED) is 0.860. The molecule has 2 rings (SSSR count). The maximum Gasteiger partial charge on any atom is 0.125 e. The Balaban J connectivity index is 2.12. The molecule has 0 aliphatic carbocycles. The molecule has 1 saturated heterocycles. The average Bonchev–Trinajstić information content (AvgIpc) is 2.39. The van der Waals surface area contributed by atoms with Crippen molar-refractivity contribution in [1.29, 1.82) is 0 Å². The maximum atomic E-state index is 13.5. The molecule has 0 aromatic heterocycles. The summed E-state index contributed by atoms with van der Waals surface area (Å²) in [6.45, 7) is 2.44. The van der Waals surface area contributed by atoms with Crippen molar-refractivity contribution in [2.75, 3.05) is 24.6 Å². The van der Waals surface area contributed by atoms with Crippen LogP contribution < -0.4 is 10.6 Å². The molecule has 0 bridgehead atoms. The molecule has 1 aliphatic rings. The molecule has 1 aliphatic heterocycles. The number of piperidine rings is 1. The van der Waals surface area contributed by atoms with Crippen LogP contribution in [0.1, 0.15) is 24.8 Å². The smallest absolute Gasteiger partial charge is 0.125 e. The van der Waals surface area contributed by atoms with Gasteiger partial charge in [0.25, 0.3) is 0 Å². The number of anilines is 1. The molecule has 1 aromatic carbocycles. The number of aliphatic hydroxyl groups excluding tert-OH is 1. The molecule has 3 N–H and O–H groups in total. The van der Waals surface area contributed by atoms with Crippen LogP contribution in [0.4, 0.5) is 10.1 Å². The second kappa shape index (κ2) is 6.16. The highest BCUT2D eigenvalue weighted by atomic mass is 19.1. The number of aliphatic hydroxyl groups is 1. The van der Waals surface area contributed by atoms with Crippen LogP contribution in [0.15, 0.2) is 18.2 Å². The van der Waals surface area contributed by atoms with Gasteiger partial charge in [0.05, 0.1) is 0 Å². The van der Waals surface area contributed by atoms with Gasteiger partial charge >= 0.3 is 0 Å². The SMILES string of the molecule is NCc1cc(F)cc(N2CCCC(CCO)C2)c1. The summed E-state index contributed by atoms with van der Waals surface area (Å²) in [6, 6.07) is 5.02. The minimum atomic E-state index is -0.225. The minimum Gasteiger partial charge on any atom is -0.396 e. The first-order chi connectivity index (χ1) is 8.72. The zero-order valence-electron chi connectivity index (χ0n) is 10.6. The second-order valence-electron chi connectivity index (χ2n) is 4.99. The number of rotatable bonds is 4. The van der Waals surface area contributed by atoms with E-state index < -0.39 is 0 Å². The largest absolute Gasteiger partial charge is 0.396 e. The first-order valence-corrected chi connectivity index (χ1v) is 6.58. The van der Waals surface area contributed by atoms with E-state index >= 15 is 0 Å². The molecule has 1 aromatic rings. The van der Waals surface area contributed by atoms with E-state index in [4.69, 9.17) is 10.8 Å². The van der Waals surface area contributed by atoms with Crippen LogP contribution in [0, 0.1) is 11.7 Å². The van der Waals surface area contributed by atoms with Crippen LogP contribution in [-0.4, -0.2) is 24.8 Å². The Bertz CT molecular complexity index is 395. The van der Waals surface area contributed by atoms with Crippen LogP contribution in [0.5, 0.6) is 0 Å². The predicted octanol–water partition coefficient (Wildman–Crippen LogP) is 1.88. The van der Waals surface area contributed by atoms with Crippen molar-refractivity contribution in [3.8, 4) is 0 Å². The van der Waals surface area contributed by atoms with Crippen molar-refractivity contribution in [2.24, 2.45) is 11.7 Å². The lowest BCUT2D eigenvalue weighted by Gasteiger charge is -2.34. The summed E-state index contributed by atoms with van der Waals surface area (Å²) in [4.78, 5) is 2.20. The Morgan fingerprint density at radius 3 is 2.94 bits per heavy atom. The van der Waals surface area contributed by atoms with E-state index in [1.807, 2.05) is 6.07 Å². The molecule has 3 nitrogen and oxygen atoms in total. The monoisotopic (exact) mass is 252 g/mol. The molecule has 0 saturated carbocycles. The van der Waals surface area contributed by atoms with E-state index in [9.17, 15) is 4.39 Å². The van der Waals surface area contributed by atoms with Crippen molar-refractivity contribution in [3.05, 3.63) is 29.6 Å². The molecule has 0 radical (unpaired) electrons. The van der Waals surface area contributed by atoms with E-state index in [-0.39, 0.29) is 12.4 Å². The highest BCUT2D eigenvalue weighted by Crippen LogP contribution is 2.26. The van der Waals surface area contributed by atoms with Crippen LogP contribution in [0.3, 0.4) is 0 Å². The van der Waals surface area contributed by atoms with E-state index in [0.29, 0.717) is 12.5 Å². The van der Waals surface area contributed by atoms with Gasteiger partial charge in [-0.1, -0.05) is 0 Å². The van der Waals surface area contributed by atoms with Crippen LogP contribution in [-0.2, 0) is 6.54 Å². The fraction of sp³-hybridized carbons (Fsp3) is 0.571. The van der Waals surface area contributed by atoms with Crippen LogP contribution >= 0.6 is 0 Å². The predicted molar refractivity (Wildman–Crippen MR) is 70.9 cm³/mol. The second-order valence-corrected chi connectivity index (χ2v) is 4.99. The average molecular weight is 252 g/mol. The van der Waals surface area contributed by atoms with Crippen molar-refractivity contribution < 1.29 is 9.50 Å². The van der Waals surface area contributed by atoms with E-state index in [2.05, 4.69) is 4.90 Å². The Labute approximate surface area is 107 Å². The summed E-state index contributed by atoms with van der Waals surface area (Å²) < 4.78 is 13.5. The van der Waals surface area contributed by atoms with Crippen molar-refractivity contribution in [3.63, 3.8) is 0 Å². The van der Waals surface area contributed by atoms with Crippen LogP contribution in [0.2, 0.25) is 0 Å². The van der Waals surface area contributed by atoms with Crippen molar-refractivity contribution in [2.45, 2.75) is 25.8 Å². The van der Waals surface area contributed by atoms with Crippen LogP contribution in [0.25, 0.3) is 0 Å². The highest BCUT2D eigenvalue weighted by Gasteiger charge is 2.20. The summed E-state index contributed by atoms with van der Waals surface area (Å²) in [5, 5.41) is 9.01. The van der Waals surface area contributed by atoms with Gasteiger partial charge in [-0.25, -0.2) is 4.39 Å². The molecule has 1 heterocycles. The van der Waals surface area contributed by atoms with Gasteiger partial charge in [-0.2, -0.15) is 0 Å². The highest BCUT2D eigenvalue weighted by molar-refractivity contribution is 5.49. The first-order valence-electron chi connectivity index (χ1n) is 6.58. The zero-order valence-corrected chi connectivity index (χ0v) is 10.6. The molecule has 0 spiro atoms.